The molecular weight excluding hydrogens is 202 g/mol. The summed E-state index contributed by atoms with van der Waals surface area (Å²) in [6, 6.07) is 0. The Morgan fingerprint density at radius 2 is 2.54 bits per heavy atom. The number of rotatable bonds is 6. The number of oxazole rings is 1. The molecule has 0 aromatic carbocycles. The molecule has 0 radical (unpaired) electrons. The lowest BCUT2D eigenvalue weighted by atomic mass is 10.1. The molecule has 0 fully saturated rings. The summed E-state index contributed by atoms with van der Waals surface area (Å²) in [5, 5.41) is 0.767. The molecule has 0 aliphatic heterocycles. The summed E-state index contributed by atoms with van der Waals surface area (Å²) in [5.41, 5.74) is 0. The second kappa shape index (κ2) is 6.38. The van der Waals surface area contributed by atoms with Crippen LogP contribution in [-0.2, 0) is 0 Å². The Kier molecular flexibility index (Phi) is 5.39. The number of thioether (sulfide) groups is 1. The van der Waals surface area contributed by atoms with Gasteiger partial charge in [0.25, 0.3) is 5.22 Å². The second-order valence-electron chi connectivity index (χ2n) is 2.95. The molecule has 0 spiro atoms. The fraction of sp³-hybridized carbons (Fsp3) is 0.667. The van der Waals surface area contributed by atoms with Crippen molar-refractivity contribution in [3.63, 3.8) is 0 Å². The van der Waals surface area contributed by atoms with Gasteiger partial charge in [0, 0.05) is 5.75 Å². The molecule has 0 saturated heterocycles. The minimum absolute atomic E-state index is 0.672. The van der Waals surface area contributed by atoms with Crippen molar-refractivity contribution < 1.29 is 4.42 Å². The molecule has 74 valence electrons. The van der Waals surface area contributed by atoms with E-state index in [1.807, 2.05) is 0 Å². The molecule has 0 aliphatic carbocycles. The minimum Gasteiger partial charge on any atom is -0.440 e. The molecule has 0 N–H and O–H groups in total. The van der Waals surface area contributed by atoms with Crippen molar-refractivity contribution in [1.29, 1.82) is 0 Å². The van der Waals surface area contributed by atoms with E-state index in [0.29, 0.717) is 5.92 Å². The third kappa shape index (κ3) is 4.09. The van der Waals surface area contributed by atoms with Crippen LogP contribution >= 0.6 is 24.4 Å². The van der Waals surface area contributed by atoms with Crippen LogP contribution in [0.2, 0.25) is 0 Å². The monoisotopic (exact) mass is 217 g/mol. The number of aromatic nitrogens is 1. The Morgan fingerprint density at radius 3 is 3.08 bits per heavy atom. The lowest BCUT2D eigenvalue weighted by molar-refractivity contribution is 0.452. The van der Waals surface area contributed by atoms with Crippen LogP contribution in [0.4, 0.5) is 0 Å². The van der Waals surface area contributed by atoms with Crippen LogP contribution in [0.3, 0.4) is 0 Å². The highest BCUT2D eigenvalue weighted by molar-refractivity contribution is 7.99. The van der Waals surface area contributed by atoms with Crippen LogP contribution in [-0.4, -0.2) is 16.5 Å². The van der Waals surface area contributed by atoms with Gasteiger partial charge in [-0.25, -0.2) is 4.98 Å². The largest absolute Gasteiger partial charge is 0.440 e. The van der Waals surface area contributed by atoms with Gasteiger partial charge < -0.3 is 4.42 Å². The maximum absolute atomic E-state index is 5.13. The van der Waals surface area contributed by atoms with Gasteiger partial charge in [-0.2, -0.15) is 12.6 Å². The zero-order chi connectivity index (χ0) is 9.52. The van der Waals surface area contributed by atoms with Crippen molar-refractivity contribution in [2.75, 3.05) is 11.5 Å². The van der Waals surface area contributed by atoms with E-state index in [9.17, 15) is 0 Å². The van der Waals surface area contributed by atoms with Gasteiger partial charge in [-0.05, 0) is 18.1 Å². The molecule has 13 heavy (non-hydrogen) atoms. The molecule has 1 aromatic heterocycles. The summed E-state index contributed by atoms with van der Waals surface area (Å²) in [6.45, 7) is 2.20. The molecule has 0 amide bonds. The third-order valence-corrected chi connectivity index (χ3v) is 3.41. The summed E-state index contributed by atoms with van der Waals surface area (Å²) < 4.78 is 5.13. The van der Waals surface area contributed by atoms with Crippen molar-refractivity contribution in [1.82, 2.24) is 4.98 Å². The molecule has 2 nitrogen and oxygen atoms in total. The highest BCUT2D eigenvalue weighted by Gasteiger charge is 2.07. The van der Waals surface area contributed by atoms with Gasteiger partial charge in [0.15, 0.2) is 0 Å². The number of nitrogens with zero attached hydrogens (tertiary/aromatic N) is 1. The van der Waals surface area contributed by atoms with Gasteiger partial charge in [-0.15, -0.1) is 0 Å². The first kappa shape index (κ1) is 11.0. The van der Waals surface area contributed by atoms with Crippen molar-refractivity contribution in [2.45, 2.75) is 25.0 Å². The molecule has 1 heterocycles. The molecule has 1 rings (SSSR count). The van der Waals surface area contributed by atoms with Crippen molar-refractivity contribution in [3.05, 3.63) is 12.5 Å². The first-order valence-electron chi connectivity index (χ1n) is 4.50. The lowest BCUT2D eigenvalue weighted by Crippen LogP contribution is -2.04. The van der Waals surface area contributed by atoms with E-state index in [-0.39, 0.29) is 0 Å². The van der Waals surface area contributed by atoms with E-state index in [0.717, 1.165) is 16.7 Å². The van der Waals surface area contributed by atoms with Crippen molar-refractivity contribution in [2.24, 2.45) is 5.92 Å². The van der Waals surface area contributed by atoms with Crippen LogP contribution in [0.15, 0.2) is 22.1 Å². The number of thiol groups is 1. The van der Waals surface area contributed by atoms with E-state index in [4.69, 9.17) is 4.42 Å². The topological polar surface area (TPSA) is 26.0 Å². The molecule has 0 aliphatic rings. The summed E-state index contributed by atoms with van der Waals surface area (Å²) in [5.74, 6) is 2.67. The van der Waals surface area contributed by atoms with Gasteiger partial charge in [-0.3, -0.25) is 0 Å². The smallest absolute Gasteiger partial charge is 0.255 e. The van der Waals surface area contributed by atoms with Gasteiger partial charge in [0.05, 0.1) is 6.20 Å². The fourth-order valence-corrected chi connectivity index (χ4v) is 2.51. The summed E-state index contributed by atoms with van der Waals surface area (Å²) >= 11 is 5.99. The predicted molar refractivity (Wildman–Crippen MR) is 59.5 cm³/mol. The van der Waals surface area contributed by atoms with Crippen molar-refractivity contribution in [3.8, 4) is 0 Å². The molecule has 1 unspecified atom stereocenters. The third-order valence-electron chi connectivity index (χ3n) is 1.81. The fourth-order valence-electron chi connectivity index (χ4n) is 1.11. The quantitative estimate of drug-likeness (QED) is 0.585. The van der Waals surface area contributed by atoms with Gasteiger partial charge in [-0.1, -0.05) is 25.1 Å². The Labute approximate surface area is 88.9 Å². The van der Waals surface area contributed by atoms with Crippen LogP contribution in [0.25, 0.3) is 0 Å². The zero-order valence-corrected chi connectivity index (χ0v) is 9.48. The number of hydrogen-bond acceptors (Lipinski definition) is 4. The molecular formula is C9H15NOS2. The van der Waals surface area contributed by atoms with Crippen LogP contribution in [0, 0.1) is 5.92 Å². The number of hydrogen-bond donors (Lipinski definition) is 1. The lowest BCUT2D eigenvalue weighted by Gasteiger charge is -2.10. The predicted octanol–water partition coefficient (Wildman–Crippen LogP) is 3.11. The van der Waals surface area contributed by atoms with Crippen LogP contribution in [0.5, 0.6) is 0 Å². The first-order chi connectivity index (χ1) is 6.36. The molecule has 4 heteroatoms. The van der Waals surface area contributed by atoms with Crippen LogP contribution < -0.4 is 0 Å². The molecule has 0 bridgehead atoms. The SMILES string of the molecule is CCCC(CS)CSc1ncco1. The van der Waals surface area contributed by atoms with Crippen LogP contribution in [0.1, 0.15) is 19.8 Å². The highest BCUT2D eigenvalue weighted by atomic mass is 32.2. The van der Waals surface area contributed by atoms with Gasteiger partial charge in [0.2, 0.25) is 0 Å². The van der Waals surface area contributed by atoms with E-state index in [1.165, 1.54) is 12.8 Å². The summed E-state index contributed by atoms with van der Waals surface area (Å²) in [4.78, 5) is 4.05. The zero-order valence-electron chi connectivity index (χ0n) is 7.77. The standard InChI is InChI=1S/C9H15NOS2/c1-2-3-8(6-12)7-13-9-10-4-5-11-9/h4-5,8,12H,2-3,6-7H2,1H3. The normalized spacial score (nSPS) is 13.1. The first-order valence-corrected chi connectivity index (χ1v) is 6.11. The Hall–Kier alpha value is -0.0900. The molecule has 1 atom stereocenters. The second-order valence-corrected chi connectivity index (χ2v) is 4.28. The Bertz CT molecular complexity index is 213. The average Bonchev–Trinajstić information content (AvgIpc) is 2.64. The van der Waals surface area contributed by atoms with Gasteiger partial charge in [0.1, 0.15) is 6.26 Å². The highest BCUT2D eigenvalue weighted by Crippen LogP contribution is 2.21. The van der Waals surface area contributed by atoms with E-state index in [1.54, 1.807) is 24.2 Å². The van der Waals surface area contributed by atoms with E-state index >= 15 is 0 Å². The van der Waals surface area contributed by atoms with E-state index < -0.39 is 0 Å². The minimum atomic E-state index is 0.672. The average molecular weight is 217 g/mol. The van der Waals surface area contributed by atoms with Gasteiger partial charge >= 0.3 is 0 Å². The summed E-state index contributed by atoms with van der Waals surface area (Å²) in [6.07, 6.45) is 5.74. The maximum atomic E-state index is 5.13. The summed E-state index contributed by atoms with van der Waals surface area (Å²) in [7, 11) is 0. The van der Waals surface area contributed by atoms with E-state index in [2.05, 4.69) is 24.5 Å². The van der Waals surface area contributed by atoms with Crippen molar-refractivity contribution >= 4 is 24.4 Å². The molecule has 1 aromatic rings. The Morgan fingerprint density at radius 1 is 1.69 bits per heavy atom. The Balaban J connectivity index is 2.23. The molecule has 0 saturated carbocycles. The maximum Gasteiger partial charge on any atom is 0.255 e.